The van der Waals surface area contributed by atoms with Crippen LogP contribution >= 0.6 is 18.2 Å². The summed E-state index contributed by atoms with van der Waals surface area (Å²) in [6.07, 6.45) is 0. The van der Waals surface area contributed by atoms with Crippen LogP contribution in [0.1, 0.15) is 11.1 Å². The van der Waals surface area contributed by atoms with Crippen LogP contribution in [0.5, 0.6) is 11.5 Å². The lowest BCUT2D eigenvalue weighted by Crippen LogP contribution is -1.95. The Bertz CT molecular complexity index is 542. The maximum Gasteiger partial charge on any atom is 0.530 e. The van der Waals surface area contributed by atoms with Crippen molar-refractivity contribution in [1.29, 1.82) is 0 Å². The predicted molar refractivity (Wildman–Crippen MR) is 77.1 cm³/mol. The minimum atomic E-state index is -3.69. The van der Waals surface area contributed by atoms with E-state index in [4.69, 9.17) is 20.3 Å². The molecule has 0 atom stereocenters. The monoisotopic (exact) mass is 296 g/mol. The fraction of sp³-hybridized carbons (Fsp3) is 0.143. The van der Waals surface area contributed by atoms with E-state index in [1.807, 2.05) is 38.1 Å². The van der Waals surface area contributed by atoms with Crippen molar-refractivity contribution < 1.29 is 13.6 Å². The molecule has 2 aromatic rings. The van der Waals surface area contributed by atoms with Crippen LogP contribution in [-0.4, -0.2) is 0 Å². The number of aryl methyl sites for hydroxylation is 2. The average Bonchev–Trinajstić information content (AvgIpc) is 2.34. The minimum absolute atomic E-state index is 0.413. The highest BCUT2D eigenvalue weighted by Gasteiger charge is 2.24. The molecule has 0 radical (unpaired) electrons. The van der Waals surface area contributed by atoms with E-state index in [-0.39, 0.29) is 0 Å². The van der Waals surface area contributed by atoms with E-state index in [2.05, 4.69) is 0 Å². The largest absolute Gasteiger partial charge is 0.530 e. The minimum Gasteiger partial charge on any atom is -0.405 e. The molecule has 0 aliphatic carbocycles. The Balaban J connectivity index is 2.08. The molecule has 2 aromatic carbocycles. The molecule has 19 heavy (non-hydrogen) atoms. The number of hydrogen-bond donors (Lipinski definition) is 0. The zero-order chi connectivity index (χ0) is 13.9. The lowest BCUT2D eigenvalue weighted by Gasteiger charge is -2.13. The van der Waals surface area contributed by atoms with Crippen LogP contribution in [0.15, 0.2) is 48.5 Å². The third-order valence-electron chi connectivity index (χ3n) is 2.47. The van der Waals surface area contributed by atoms with Gasteiger partial charge in [0.2, 0.25) is 0 Å². The van der Waals surface area contributed by atoms with Crippen LogP contribution in [0, 0.1) is 13.8 Å². The summed E-state index contributed by atoms with van der Waals surface area (Å²) in [5.74, 6) is 0.826. The van der Waals surface area contributed by atoms with E-state index in [1.54, 1.807) is 24.3 Å². The van der Waals surface area contributed by atoms with Gasteiger partial charge in [-0.05, 0) is 38.1 Å². The first-order chi connectivity index (χ1) is 8.94. The molecule has 0 saturated heterocycles. The smallest absolute Gasteiger partial charge is 0.405 e. The highest BCUT2D eigenvalue weighted by molar-refractivity contribution is 7.82. The van der Waals surface area contributed by atoms with Gasteiger partial charge in [-0.15, -0.1) is 0 Å². The van der Waals surface area contributed by atoms with Gasteiger partial charge in [0, 0.05) is 11.2 Å². The van der Waals surface area contributed by atoms with Gasteiger partial charge in [0.05, 0.1) is 0 Å². The molecule has 0 aliphatic rings. The summed E-state index contributed by atoms with van der Waals surface area (Å²) in [4.78, 5) is 0. The first-order valence-corrected chi connectivity index (χ1v) is 8.22. The number of rotatable bonds is 4. The van der Waals surface area contributed by atoms with Crippen LogP contribution in [0.4, 0.5) is 0 Å². The average molecular weight is 297 g/mol. The summed E-state index contributed by atoms with van der Waals surface area (Å²) in [6, 6.07) is 14.2. The maximum atomic E-state index is 12.0. The van der Waals surface area contributed by atoms with E-state index in [0.717, 1.165) is 11.1 Å². The second-order valence-corrected chi connectivity index (χ2v) is 6.71. The van der Waals surface area contributed by atoms with Crippen LogP contribution in [0.25, 0.3) is 0 Å². The Labute approximate surface area is 117 Å². The molecule has 0 spiro atoms. The predicted octanol–water partition coefficient (Wildman–Crippen LogP) is 5.11. The Kier molecular flexibility index (Phi) is 4.18. The van der Waals surface area contributed by atoms with Gasteiger partial charge in [0.25, 0.3) is 0 Å². The van der Waals surface area contributed by atoms with Gasteiger partial charge >= 0.3 is 6.95 Å². The van der Waals surface area contributed by atoms with E-state index >= 15 is 0 Å². The second kappa shape index (κ2) is 5.68. The number of hydrogen-bond acceptors (Lipinski definition) is 3. The van der Waals surface area contributed by atoms with Crippen molar-refractivity contribution in [2.45, 2.75) is 13.8 Å². The molecule has 0 bridgehead atoms. The Morgan fingerprint density at radius 1 is 0.789 bits per heavy atom. The van der Waals surface area contributed by atoms with Crippen molar-refractivity contribution in [3.63, 3.8) is 0 Å². The van der Waals surface area contributed by atoms with E-state index in [9.17, 15) is 4.57 Å². The first-order valence-electron chi connectivity index (χ1n) is 5.77. The standard InChI is InChI=1S/C14H14ClO3P/c1-11-3-7-13(8-4-11)17-19(15,16)18-14-9-5-12(2)6-10-14/h3-10H,1-2H3. The number of halogens is 1. The van der Waals surface area contributed by atoms with Crippen LogP contribution < -0.4 is 9.05 Å². The van der Waals surface area contributed by atoms with Crippen LogP contribution in [0.2, 0.25) is 0 Å². The Morgan fingerprint density at radius 3 is 1.42 bits per heavy atom. The van der Waals surface area contributed by atoms with E-state index < -0.39 is 6.95 Å². The molecule has 0 aliphatic heterocycles. The summed E-state index contributed by atoms with van der Waals surface area (Å²) in [5, 5.41) is 0. The summed E-state index contributed by atoms with van der Waals surface area (Å²) < 4.78 is 22.4. The number of benzene rings is 2. The molecular formula is C14H14ClO3P. The van der Waals surface area contributed by atoms with Crippen molar-refractivity contribution >= 4 is 18.2 Å². The van der Waals surface area contributed by atoms with Gasteiger partial charge in [0.15, 0.2) is 0 Å². The zero-order valence-electron chi connectivity index (χ0n) is 10.7. The quantitative estimate of drug-likeness (QED) is 0.736. The van der Waals surface area contributed by atoms with Gasteiger partial charge in [0.1, 0.15) is 11.5 Å². The lowest BCUT2D eigenvalue weighted by atomic mass is 10.2. The summed E-state index contributed by atoms with van der Waals surface area (Å²) in [7, 11) is 0. The molecule has 0 amide bonds. The van der Waals surface area contributed by atoms with Crippen molar-refractivity contribution in [2.75, 3.05) is 0 Å². The fourth-order valence-corrected chi connectivity index (χ4v) is 2.73. The van der Waals surface area contributed by atoms with Gasteiger partial charge in [-0.1, -0.05) is 35.4 Å². The normalized spacial score (nSPS) is 11.1. The van der Waals surface area contributed by atoms with Gasteiger partial charge < -0.3 is 9.05 Å². The second-order valence-electron chi connectivity index (χ2n) is 4.24. The lowest BCUT2D eigenvalue weighted by molar-refractivity contribution is 0.406. The highest BCUT2D eigenvalue weighted by atomic mass is 35.7. The molecule has 5 heteroatoms. The molecule has 3 nitrogen and oxygen atoms in total. The Hall–Kier alpha value is -1.44. The molecule has 0 saturated carbocycles. The molecule has 2 rings (SSSR count). The zero-order valence-corrected chi connectivity index (χ0v) is 12.3. The highest BCUT2D eigenvalue weighted by Crippen LogP contribution is 2.53. The summed E-state index contributed by atoms with van der Waals surface area (Å²) >= 11 is 5.80. The van der Waals surface area contributed by atoms with Crippen LogP contribution in [-0.2, 0) is 4.57 Å². The summed E-state index contributed by atoms with van der Waals surface area (Å²) in [6.45, 7) is 0.208. The third-order valence-corrected chi connectivity index (χ3v) is 3.74. The van der Waals surface area contributed by atoms with E-state index in [1.165, 1.54) is 0 Å². The fourth-order valence-electron chi connectivity index (χ4n) is 1.47. The van der Waals surface area contributed by atoms with E-state index in [0.29, 0.717) is 11.5 Å². The molecule has 0 N–H and O–H groups in total. The van der Waals surface area contributed by atoms with Crippen molar-refractivity contribution in [1.82, 2.24) is 0 Å². The molecule has 100 valence electrons. The van der Waals surface area contributed by atoms with Crippen molar-refractivity contribution in [3.8, 4) is 11.5 Å². The topological polar surface area (TPSA) is 35.5 Å². The van der Waals surface area contributed by atoms with Gasteiger partial charge in [-0.2, -0.15) is 0 Å². The summed E-state index contributed by atoms with van der Waals surface area (Å²) in [5.41, 5.74) is 2.16. The molecular weight excluding hydrogens is 283 g/mol. The molecule has 0 fully saturated rings. The molecule has 0 unspecified atom stereocenters. The maximum absolute atomic E-state index is 12.0. The van der Waals surface area contributed by atoms with Crippen molar-refractivity contribution in [3.05, 3.63) is 59.7 Å². The Morgan fingerprint density at radius 2 is 1.11 bits per heavy atom. The molecule has 0 heterocycles. The SMILES string of the molecule is Cc1ccc(OP(=O)(Cl)Oc2ccc(C)cc2)cc1. The van der Waals surface area contributed by atoms with Crippen LogP contribution in [0.3, 0.4) is 0 Å². The third kappa shape index (κ3) is 4.30. The first kappa shape index (κ1) is 14.0. The molecule has 0 aromatic heterocycles. The van der Waals surface area contributed by atoms with Gasteiger partial charge in [-0.25, -0.2) is 4.57 Å². The van der Waals surface area contributed by atoms with Gasteiger partial charge in [-0.3, -0.25) is 0 Å². The van der Waals surface area contributed by atoms with Crippen molar-refractivity contribution in [2.24, 2.45) is 0 Å².